The van der Waals surface area contributed by atoms with Crippen LogP contribution in [0.2, 0.25) is 10.0 Å². The third-order valence-electron chi connectivity index (χ3n) is 4.83. The van der Waals surface area contributed by atoms with Gasteiger partial charge in [0, 0.05) is 32.2 Å². The van der Waals surface area contributed by atoms with Gasteiger partial charge in [0.2, 0.25) is 21.8 Å². The second kappa shape index (κ2) is 11.3. The Morgan fingerprint density at radius 2 is 1.65 bits per heavy atom. The van der Waals surface area contributed by atoms with Crippen LogP contribution in [0, 0.1) is 0 Å². The number of benzene rings is 2. The van der Waals surface area contributed by atoms with E-state index in [-0.39, 0.29) is 6.54 Å². The summed E-state index contributed by atoms with van der Waals surface area (Å²) in [4.78, 5) is 27.8. The van der Waals surface area contributed by atoms with Gasteiger partial charge in [0.25, 0.3) is 0 Å². The average Bonchev–Trinajstić information content (AvgIpc) is 2.69. The first-order valence-corrected chi connectivity index (χ1v) is 13.8. The van der Waals surface area contributed by atoms with Crippen LogP contribution >= 0.6 is 39.1 Å². The topological polar surface area (TPSA) is 86.8 Å². The predicted octanol–water partition coefficient (Wildman–Crippen LogP) is 4.85. The summed E-state index contributed by atoms with van der Waals surface area (Å²) < 4.78 is 26.8. The molecule has 0 radical (unpaired) electrons. The maximum atomic E-state index is 13.5. The molecule has 186 valence electrons. The normalized spacial score (nSPS) is 12.7. The third kappa shape index (κ3) is 7.86. The second-order valence-electron chi connectivity index (χ2n) is 8.89. The lowest BCUT2D eigenvalue weighted by Crippen LogP contribution is -2.54. The van der Waals surface area contributed by atoms with E-state index >= 15 is 0 Å². The zero-order valence-corrected chi connectivity index (χ0v) is 23.5. The summed E-state index contributed by atoms with van der Waals surface area (Å²) in [5, 5.41) is 3.52. The Kier molecular flexibility index (Phi) is 9.44. The van der Waals surface area contributed by atoms with Gasteiger partial charge in [0.1, 0.15) is 12.6 Å². The molecule has 0 heterocycles. The highest BCUT2D eigenvalue weighted by molar-refractivity contribution is 9.10. The van der Waals surface area contributed by atoms with Gasteiger partial charge < -0.3 is 10.2 Å². The van der Waals surface area contributed by atoms with Crippen LogP contribution in [0.1, 0.15) is 33.3 Å². The van der Waals surface area contributed by atoms with E-state index in [4.69, 9.17) is 23.2 Å². The number of hydrogen-bond acceptors (Lipinski definition) is 4. The summed E-state index contributed by atoms with van der Waals surface area (Å²) in [6, 6.07) is 10.6. The smallest absolute Gasteiger partial charge is 0.244 e. The highest BCUT2D eigenvalue weighted by Gasteiger charge is 2.32. The Balaban J connectivity index is 2.47. The van der Waals surface area contributed by atoms with Gasteiger partial charge in [-0.15, -0.1) is 0 Å². The molecule has 2 aromatic rings. The Hall–Kier alpha value is -1.81. The fraction of sp³-hybridized carbons (Fsp3) is 0.391. The number of carbonyl (C=O) groups excluding carboxylic acids is 2. The molecule has 0 spiro atoms. The minimum atomic E-state index is -3.81. The van der Waals surface area contributed by atoms with E-state index < -0.39 is 40.0 Å². The van der Waals surface area contributed by atoms with Gasteiger partial charge in [0.15, 0.2) is 0 Å². The molecule has 0 saturated heterocycles. The number of halogens is 3. The van der Waals surface area contributed by atoms with Gasteiger partial charge in [0.05, 0.1) is 11.9 Å². The minimum Gasteiger partial charge on any atom is -0.350 e. The summed E-state index contributed by atoms with van der Waals surface area (Å²) in [6.07, 6.45) is 1.02. The van der Waals surface area contributed by atoms with E-state index in [1.54, 1.807) is 49.4 Å². The fourth-order valence-electron chi connectivity index (χ4n) is 3.16. The minimum absolute atomic E-state index is 0.0772. The summed E-state index contributed by atoms with van der Waals surface area (Å²) in [5.41, 5.74) is 0.243. The summed E-state index contributed by atoms with van der Waals surface area (Å²) in [6.45, 7) is 6.47. The maximum Gasteiger partial charge on any atom is 0.244 e. The van der Waals surface area contributed by atoms with Crippen molar-refractivity contribution < 1.29 is 18.0 Å². The highest BCUT2D eigenvalue weighted by atomic mass is 79.9. The van der Waals surface area contributed by atoms with Crippen molar-refractivity contribution in [2.75, 3.05) is 17.1 Å². The molecule has 0 saturated carbocycles. The number of sulfonamides is 1. The van der Waals surface area contributed by atoms with Gasteiger partial charge in [-0.2, -0.15) is 0 Å². The molecule has 1 atom stereocenters. The van der Waals surface area contributed by atoms with Crippen molar-refractivity contribution in [2.24, 2.45) is 0 Å². The van der Waals surface area contributed by atoms with Crippen LogP contribution in [0.5, 0.6) is 0 Å². The molecule has 0 fully saturated rings. The molecule has 1 unspecified atom stereocenters. The SMILES string of the molecule is CC(C(=O)NC(C)(C)C)N(Cc1c(Cl)cccc1Cl)C(=O)CN(c1cccc(Br)c1)S(C)(=O)=O. The third-order valence-corrected chi connectivity index (χ3v) is 7.17. The van der Waals surface area contributed by atoms with Gasteiger partial charge in [-0.05, 0) is 58.0 Å². The first-order chi connectivity index (χ1) is 15.6. The van der Waals surface area contributed by atoms with Crippen molar-refractivity contribution in [2.45, 2.75) is 45.8 Å². The van der Waals surface area contributed by atoms with Crippen LogP contribution in [0.15, 0.2) is 46.9 Å². The predicted molar refractivity (Wildman–Crippen MR) is 141 cm³/mol. The Bertz CT molecular complexity index is 1150. The van der Waals surface area contributed by atoms with E-state index in [0.29, 0.717) is 25.8 Å². The number of carbonyl (C=O) groups is 2. The molecule has 34 heavy (non-hydrogen) atoms. The monoisotopic (exact) mass is 591 g/mol. The Labute approximate surface area is 219 Å². The van der Waals surface area contributed by atoms with E-state index in [2.05, 4.69) is 21.2 Å². The van der Waals surface area contributed by atoms with E-state index in [0.717, 1.165) is 10.6 Å². The molecule has 0 aliphatic carbocycles. The fourth-order valence-corrected chi connectivity index (χ4v) is 4.90. The zero-order valence-electron chi connectivity index (χ0n) is 19.6. The number of rotatable bonds is 8. The van der Waals surface area contributed by atoms with Crippen LogP contribution in [-0.4, -0.2) is 49.5 Å². The summed E-state index contributed by atoms with van der Waals surface area (Å²) in [5.74, 6) is -0.977. The molecule has 2 aromatic carbocycles. The first-order valence-electron chi connectivity index (χ1n) is 10.4. The lowest BCUT2D eigenvalue weighted by Gasteiger charge is -2.33. The van der Waals surface area contributed by atoms with E-state index in [1.807, 2.05) is 20.8 Å². The molecule has 1 N–H and O–H groups in total. The number of anilines is 1. The standard InChI is InChI=1S/C23H28BrCl2N3O4S/c1-15(22(31)27-23(2,3)4)28(13-18-19(25)10-7-11-20(18)26)21(30)14-29(34(5,32)33)17-9-6-8-16(24)12-17/h6-12,15H,13-14H2,1-5H3,(H,27,31). The number of amides is 2. The molecule has 0 aliphatic heterocycles. The Morgan fingerprint density at radius 3 is 2.15 bits per heavy atom. The second-order valence-corrected chi connectivity index (χ2v) is 12.5. The van der Waals surface area contributed by atoms with Crippen LogP contribution in [0.4, 0.5) is 5.69 Å². The van der Waals surface area contributed by atoms with Crippen molar-refractivity contribution in [1.82, 2.24) is 10.2 Å². The van der Waals surface area contributed by atoms with Crippen molar-refractivity contribution in [3.63, 3.8) is 0 Å². The lowest BCUT2D eigenvalue weighted by atomic mass is 10.1. The molecule has 2 rings (SSSR count). The van der Waals surface area contributed by atoms with Gasteiger partial charge in [-0.25, -0.2) is 8.42 Å². The highest BCUT2D eigenvalue weighted by Crippen LogP contribution is 2.27. The van der Waals surface area contributed by atoms with Gasteiger partial charge >= 0.3 is 0 Å². The largest absolute Gasteiger partial charge is 0.350 e. The molecule has 2 amide bonds. The zero-order chi connectivity index (χ0) is 25.8. The average molecular weight is 593 g/mol. The van der Waals surface area contributed by atoms with Crippen molar-refractivity contribution in [3.05, 3.63) is 62.5 Å². The van der Waals surface area contributed by atoms with Crippen LogP contribution < -0.4 is 9.62 Å². The lowest BCUT2D eigenvalue weighted by molar-refractivity contribution is -0.140. The van der Waals surface area contributed by atoms with Crippen molar-refractivity contribution >= 4 is 66.7 Å². The van der Waals surface area contributed by atoms with E-state index in [1.165, 1.54) is 4.90 Å². The summed E-state index contributed by atoms with van der Waals surface area (Å²) in [7, 11) is -3.81. The quantitative estimate of drug-likeness (QED) is 0.474. The van der Waals surface area contributed by atoms with Gasteiger partial charge in [-0.3, -0.25) is 13.9 Å². The molecule has 0 aromatic heterocycles. The van der Waals surface area contributed by atoms with Crippen LogP contribution in [0.3, 0.4) is 0 Å². The molecule has 0 aliphatic rings. The number of hydrogen-bond donors (Lipinski definition) is 1. The van der Waals surface area contributed by atoms with Crippen molar-refractivity contribution in [3.8, 4) is 0 Å². The molecular weight excluding hydrogens is 565 g/mol. The first kappa shape index (κ1) is 28.4. The molecular formula is C23H28BrCl2N3O4S. The number of nitrogens with one attached hydrogen (secondary N) is 1. The number of nitrogens with zero attached hydrogens (tertiary/aromatic N) is 2. The van der Waals surface area contributed by atoms with Gasteiger partial charge in [-0.1, -0.05) is 51.3 Å². The molecule has 0 bridgehead atoms. The van der Waals surface area contributed by atoms with E-state index in [9.17, 15) is 18.0 Å². The summed E-state index contributed by atoms with van der Waals surface area (Å²) >= 11 is 16.0. The van der Waals surface area contributed by atoms with Crippen LogP contribution in [-0.2, 0) is 26.2 Å². The van der Waals surface area contributed by atoms with Crippen LogP contribution in [0.25, 0.3) is 0 Å². The molecule has 11 heteroatoms. The maximum absolute atomic E-state index is 13.5. The molecule has 7 nitrogen and oxygen atoms in total. The van der Waals surface area contributed by atoms with Crippen molar-refractivity contribution in [1.29, 1.82) is 0 Å². The Morgan fingerprint density at radius 1 is 1.09 bits per heavy atom.